The molecule has 0 fully saturated rings. The van der Waals surface area contributed by atoms with Gasteiger partial charge in [0, 0.05) is 0 Å². The largest absolute Gasteiger partial charge is 0.384 e. The Hall–Kier alpha value is -1.05. The summed E-state index contributed by atoms with van der Waals surface area (Å²) in [6, 6.07) is 0. The molecule has 0 atom stereocenters. The average Bonchev–Trinajstić information content (AvgIpc) is 1.65. The van der Waals surface area contributed by atoms with Gasteiger partial charge in [0.2, 0.25) is 0 Å². The second kappa shape index (κ2) is 3.02. The molecule has 0 spiro atoms. The highest BCUT2D eigenvalue weighted by Crippen LogP contribution is 1.92. The lowest BCUT2D eigenvalue weighted by atomic mass is 10.3. The lowest BCUT2D eigenvalue weighted by Crippen LogP contribution is -1.91. The van der Waals surface area contributed by atoms with Crippen molar-refractivity contribution in [2.75, 3.05) is 0 Å². The van der Waals surface area contributed by atoms with Crippen LogP contribution in [-0.4, -0.2) is 6.72 Å². The van der Waals surface area contributed by atoms with E-state index in [1.807, 2.05) is 6.92 Å². The van der Waals surface area contributed by atoms with Crippen LogP contribution in [0.25, 0.3) is 0 Å². The summed E-state index contributed by atoms with van der Waals surface area (Å²) in [7, 11) is 0. The number of hydrogen-bond acceptors (Lipinski definition) is 2. The van der Waals surface area contributed by atoms with E-state index in [2.05, 4.69) is 18.3 Å². The van der Waals surface area contributed by atoms with Crippen molar-refractivity contribution in [3.05, 3.63) is 24.0 Å². The fraction of sp³-hybridized carbons (Fsp3) is 0.167. The van der Waals surface area contributed by atoms with E-state index in [0.717, 1.165) is 5.57 Å². The van der Waals surface area contributed by atoms with Crippen LogP contribution in [0.3, 0.4) is 0 Å². The quantitative estimate of drug-likeness (QED) is 0.419. The molecule has 0 aliphatic heterocycles. The molecule has 44 valence electrons. The van der Waals surface area contributed by atoms with Gasteiger partial charge in [-0.3, -0.25) is 0 Å². The molecule has 0 amide bonds. The first-order chi connectivity index (χ1) is 3.66. The summed E-state index contributed by atoms with van der Waals surface area (Å²) >= 11 is 0. The minimum Gasteiger partial charge on any atom is -0.384 e. The predicted molar refractivity (Wildman–Crippen MR) is 36.6 cm³/mol. The first-order valence-corrected chi connectivity index (χ1v) is 2.26. The lowest BCUT2D eigenvalue weighted by Gasteiger charge is -1.87. The third-order valence-electron chi connectivity index (χ3n) is 0.577. The van der Waals surface area contributed by atoms with Crippen LogP contribution in [0.1, 0.15) is 6.92 Å². The van der Waals surface area contributed by atoms with Crippen LogP contribution in [0, 0.1) is 0 Å². The molecular formula is C6H10N2. The first kappa shape index (κ1) is 6.95. The fourth-order valence-corrected chi connectivity index (χ4v) is 0.298. The normalized spacial score (nSPS) is 10.9. The van der Waals surface area contributed by atoms with Gasteiger partial charge in [0.05, 0.1) is 0 Å². The summed E-state index contributed by atoms with van der Waals surface area (Å²) in [5.41, 5.74) is 6.13. The van der Waals surface area contributed by atoms with Gasteiger partial charge >= 0.3 is 0 Å². The summed E-state index contributed by atoms with van der Waals surface area (Å²) < 4.78 is 0. The van der Waals surface area contributed by atoms with E-state index in [4.69, 9.17) is 5.73 Å². The SMILES string of the molecule is C=N/C(N)=C\C(=C)C. The number of nitrogens with zero attached hydrogens (tertiary/aromatic N) is 1. The molecular weight excluding hydrogens is 100 g/mol. The number of rotatable bonds is 2. The maximum atomic E-state index is 5.24. The van der Waals surface area contributed by atoms with E-state index in [9.17, 15) is 0 Å². The Bertz CT molecular complexity index is 133. The Kier molecular flexibility index (Phi) is 2.62. The number of allylic oxidation sites excluding steroid dienone is 2. The van der Waals surface area contributed by atoms with Crippen molar-refractivity contribution >= 4 is 6.72 Å². The van der Waals surface area contributed by atoms with Crippen molar-refractivity contribution in [2.45, 2.75) is 6.92 Å². The monoisotopic (exact) mass is 110 g/mol. The molecule has 0 aromatic rings. The highest BCUT2D eigenvalue weighted by Gasteiger charge is 1.78. The van der Waals surface area contributed by atoms with E-state index < -0.39 is 0 Å². The lowest BCUT2D eigenvalue weighted by molar-refractivity contribution is 1.24. The molecule has 0 saturated heterocycles. The van der Waals surface area contributed by atoms with Crippen LogP contribution >= 0.6 is 0 Å². The topological polar surface area (TPSA) is 38.4 Å². The maximum absolute atomic E-state index is 5.24. The standard InChI is InChI=1S/C6H10N2/c1-5(2)4-6(7)8-3/h4H,1,3,7H2,2H3/b6-4-. The molecule has 0 aliphatic rings. The van der Waals surface area contributed by atoms with Gasteiger partial charge in [0.1, 0.15) is 5.82 Å². The van der Waals surface area contributed by atoms with Crippen LogP contribution in [0.15, 0.2) is 29.0 Å². The van der Waals surface area contributed by atoms with E-state index in [-0.39, 0.29) is 0 Å². The Morgan fingerprint density at radius 3 is 2.38 bits per heavy atom. The number of hydrogen-bond donors (Lipinski definition) is 1. The van der Waals surface area contributed by atoms with Crippen LogP contribution in [-0.2, 0) is 0 Å². The summed E-state index contributed by atoms with van der Waals surface area (Å²) in [5.74, 6) is 0.414. The molecule has 8 heavy (non-hydrogen) atoms. The minimum atomic E-state index is 0.414. The van der Waals surface area contributed by atoms with Gasteiger partial charge in [-0.1, -0.05) is 12.2 Å². The molecule has 0 aromatic heterocycles. The molecule has 0 aromatic carbocycles. The van der Waals surface area contributed by atoms with E-state index in [1.165, 1.54) is 0 Å². The fourth-order valence-electron chi connectivity index (χ4n) is 0.298. The molecule has 2 N–H and O–H groups in total. The summed E-state index contributed by atoms with van der Waals surface area (Å²) in [4.78, 5) is 3.46. The molecule has 2 nitrogen and oxygen atoms in total. The van der Waals surface area contributed by atoms with Gasteiger partial charge in [-0.2, -0.15) is 0 Å². The molecule has 0 unspecified atom stereocenters. The molecule has 0 saturated carbocycles. The van der Waals surface area contributed by atoms with Crippen molar-refractivity contribution < 1.29 is 0 Å². The molecule has 0 aliphatic carbocycles. The third kappa shape index (κ3) is 3.15. The molecule has 0 radical (unpaired) electrons. The third-order valence-corrected chi connectivity index (χ3v) is 0.577. The Labute approximate surface area is 49.4 Å². The van der Waals surface area contributed by atoms with Gasteiger partial charge in [-0.15, -0.1) is 0 Å². The van der Waals surface area contributed by atoms with Crippen LogP contribution in [0.5, 0.6) is 0 Å². The van der Waals surface area contributed by atoms with E-state index in [0.29, 0.717) is 5.82 Å². The van der Waals surface area contributed by atoms with E-state index in [1.54, 1.807) is 6.08 Å². The van der Waals surface area contributed by atoms with Gasteiger partial charge < -0.3 is 5.73 Å². The van der Waals surface area contributed by atoms with Crippen molar-refractivity contribution in [1.29, 1.82) is 0 Å². The number of aliphatic imine (C=N–C) groups is 1. The summed E-state index contributed by atoms with van der Waals surface area (Å²) in [6.07, 6.45) is 1.66. The van der Waals surface area contributed by atoms with Gasteiger partial charge in [-0.25, -0.2) is 4.99 Å². The smallest absolute Gasteiger partial charge is 0.122 e. The molecule has 0 bridgehead atoms. The minimum absolute atomic E-state index is 0.414. The van der Waals surface area contributed by atoms with Gasteiger partial charge in [0.25, 0.3) is 0 Å². The van der Waals surface area contributed by atoms with Gasteiger partial charge in [0.15, 0.2) is 0 Å². The Morgan fingerprint density at radius 2 is 2.25 bits per heavy atom. The van der Waals surface area contributed by atoms with Crippen molar-refractivity contribution in [3.8, 4) is 0 Å². The number of nitrogens with two attached hydrogens (primary N) is 1. The second-order valence-electron chi connectivity index (χ2n) is 1.57. The average molecular weight is 110 g/mol. The van der Waals surface area contributed by atoms with Crippen LogP contribution in [0.2, 0.25) is 0 Å². The first-order valence-electron chi connectivity index (χ1n) is 2.26. The molecule has 0 rings (SSSR count). The highest BCUT2D eigenvalue weighted by molar-refractivity contribution is 5.30. The highest BCUT2D eigenvalue weighted by atomic mass is 14.9. The summed E-state index contributed by atoms with van der Waals surface area (Å²) in [5, 5.41) is 0. The molecule has 2 heteroatoms. The zero-order valence-electron chi connectivity index (χ0n) is 5.02. The second-order valence-corrected chi connectivity index (χ2v) is 1.57. The maximum Gasteiger partial charge on any atom is 0.122 e. The van der Waals surface area contributed by atoms with Crippen LogP contribution in [0.4, 0.5) is 0 Å². The molecule has 0 heterocycles. The zero-order valence-corrected chi connectivity index (χ0v) is 5.02. The van der Waals surface area contributed by atoms with Crippen molar-refractivity contribution in [3.63, 3.8) is 0 Å². The van der Waals surface area contributed by atoms with Gasteiger partial charge in [-0.05, 0) is 19.7 Å². The zero-order chi connectivity index (χ0) is 6.57. The van der Waals surface area contributed by atoms with E-state index >= 15 is 0 Å². The Balaban J connectivity index is 3.94. The summed E-state index contributed by atoms with van der Waals surface area (Å²) in [6.45, 7) is 8.67. The predicted octanol–water partition coefficient (Wildman–Crippen LogP) is 1.06. The van der Waals surface area contributed by atoms with Crippen molar-refractivity contribution in [2.24, 2.45) is 10.7 Å². The van der Waals surface area contributed by atoms with Crippen LogP contribution < -0.4 is 5.73 Å². The Morgan fingerprint density at radius 1 is 1.75 bits per heavy atom. The van der Waals surface area contributed by atoms with Crippen molar-refractivity contribution in [1.82, 2.24) is 0 Å².